The van der Waals surface area contributed by atoms with Crippen LogP contribution in [-0.2, 0) is 0 Å². The Balaban J connectivity index is 1.80. The number of nitro groups is 1. The monoisotopic (exact) mass is 261 g/mol. The van der Waals surface area contributed by atoms with Crippen molar-refractivity contribution in [3.8, 4) is 0 Å². The Morgan fingerprint density at radius 3 is 2.53 bits per heavy atom. The first-order chi connectivity index (χ1) is 9.06. The van der Waals surface area contributed by atoms with Crippen LogP contribution in [0.3, 0.4) is 0 Å². The summed E-state index contributed by atoms with van der Waals surface area (Å²) in [6.45, 7) is 2.02. The largest absolute Gasteiger partial charge is 0.368 e. The minimum Gasteiger partial charge on any atom is -0.368 e. The van der Waals surface area contributed by atoms with E-state index >= 15 is 0 Å². The second-order valence-electron chi connectivity index (χ2n) is 5.80. The van der Waals surface area contributed by atoms with Crippen molar-refractivity contribution in [1.29, 1.82) is 0 Å². The van der Waals surface area contributed by atoms with E-state index in [4.69, 9.17) is 0 Å². The van der Waals surface area contributed by atoms with Crippen molar-refractivity contribution >= 4 is 11.4 Å². The molecule has 0 bridgehead atoms. The van der Waals surface area contributed by atoms with Gasteiger partial charge in [0.1, 0.15) is 0 Å². The van der Waals surface area contributed by atoms with Gasteiger partial charge in [-0.1, -0.05) is 0 Å². The molecule has 0 aromatic heterocycles. The highest BCUT2D eigenvalue weighted by Crippen LogP contribution is 2.45. The van der Waals surface area contributed by atoms with Gasteiger partial charge >= 0.3 is 0 Å². The van der Waals surface area contributed by atoms with Gasteiger partial charge in [-0.15, -0.1) is 0 Å². The predicted octanol–water partition coefficient (Wildman–Crippen LogP) is 2.22. The zero-order valence-electron chi connectivity index (χ0n) is 11.4. The molecule has 1 heterocycles. The first-order valence-electron chi connectivity index (χ1n) is 6.76. The van der Waals surface area contributed by atoms with E-state index in [1.54, 1.807) is 6.07 Å². The van der Waals surface area contributed by atoms with E-state index in [2.05, 4.69) is 23.9 Å². The molecule has 1 saturated heterocycles. The molecule has 1 aromatic carbocycles. The summed E-state index contributed by atoms with van der Waals surface area (Å²) in [5.74, 6) is 0.409. The molecule has 2 aliphatic rings. The summed E-state index contributed by atoms with van der Waals surface area (Å²) >= 11 is 0. The first kappa shape index (κ1) is 12.4. The Morgan fingerprint density at radius 2 is 2.00 bits per heavy atom. The molecular formula is C14H19N3O2. The molecule has 102 valence electrons. The molecular weight excluding hydrogens is 242 g/mol. The molecule has 0 amide bonds. The molecule has 3 rings (SSSR count). The second kappa shape index (κ2) is 4.49. The maximum atomic E-state index is 11.0. The van der Waals surface area contributed by atoms with Crippen LogP contribution in [0.5, 0.6) is 0 Å². The van der Waals surface area contributed by atoms with Crippen LogP contribution in [0.15, 0.2) is 18.2 Å². The SMILES string of the molecule is CN(C)C1CN(c2ccc([N+](=O)[O-])c(C3CC3)c2)C1. The molecule has 0 radical (unpaired) electrons. The fraction of sp³-hybridized carbons (Fsp3) is 0.571. The average molecular weight is 261 g/mol. The van der Waals surface area contributed by atoms with Crippen LogP contribution in [0, 0.1) is 10.1 Å². The van der Waals surface area contributed by atoms with Crippen LogP contribution in [0.1, 0.15) is 24.3 Å². The van der Waals surface area contributed by atoms with Crippen molar-refractivity contribution in [2.45, 2.75) is 24.8 Å². The Kier molecular flexibility index (Phi) is 2.93. The molecule has 0 unspecified atom stereocenters. The average Bonchev–Trinajstić information content (AvgIpc) is 3.09. The van der Waals surface area contributed by atoms with Gasteiger partial charge in [-0.2, -0.15) is 0 Å². The standard InChI is InChI=1S/C14H19N3O2/c1-15(2)12-8-16(9-12)11-5-6-14(17(18)19)13(7-11)10-3-4-10/h5-7,10,12H,3-4,8-9H2,1-2H3. The first-order valence-corrected chi connectivity index (χ1v) is 6.76. The third kappa shape index (κ3) is 2.30. The summed E-state index contributed by atoms with van der Waals surface area (Å²) in [5.41, 5.74) is 2.34. The number of hydrogen-bond donors (Lipinski definition) is 0. The van der Waals surface area contributed by atoms with Crippen molar-refractivity contribution in [2.75, 3.05) is 32.1 Å². The maximum absolute atomic E-state index is 11.0. The van der Waals surface area contributed by atoms with Crippen LogP contribution in [-0.4, -0.2) is 43.0 Å². The van der Waals surface area contributed by atoms with Gasteiger partial charge in [0.15, 0.2) is 0 Å². The summed E-state index contributed by atoms with van der Waals surface area (Å²) in [6.07, 6.45) is 2.18. The molecule has 5 heteroatoms. The van der Waals surface area contributed by atoms with E-state index in [1.165, 1.54) is 0 Å². The number of rotatable bonds is 4. The molecule has 1 aromatic rings. The van der Waals surface area contributed by atoms with E-state index in [1.807, 2.05) is 12.1 Å². The lowest BCUT2D eigenvalue weighted by Crippen LogP contribution is -2.57. The lowest BCUT2D eigenvalue weighted by molar-refractivity contribution is -0.385. The molecule has 2 fully saturated rings. The fourth-order valence-electron chi connectivity index (χ4n) is 2.62. The summed E-state index contributed by atoms with van der Waals surface area (Å²) in [5, 5.41) is 11.0. The smallest absolute Gasteiger partial charge is 0.273 e. The third-order valence-corrected chi connectivity index (χ3v) is 4.18. The van der Waals surface area contributed by atoms with Gasteiger partial charge in [0.25, 0.3) is 5.69 Å². The Bertz CT molecular complexity index is 505. The second-order valence-corrected chi connectivity index (χ2v) is 5.80. The van der Waals surface area contributed by atoms with Crippen LogP contribution in [0.2, 0.25) is 0 Å². The van der Waals surface area contributed by atoms with Gasteiger partial charge in [-0.05, 0) is 45.0 Å². The summed E-state index contributed by atoms with van der Waals surface area (Å²) in [6, 6.07) is 6.18. The number of nitrogens with zero attached hydrogens (tertiary/aromatic N) is 3. The van der Waals surface area contributed by atoms with Gasteiger partial charge in [0.2, 0.25) is 0 Å². The molecule has 5 nitrogen and oxygen atoms in total. The molecule has 19 heavy (non-hydrogen) atoms. The van der Waals surface area contributed by atoms with Crippen molar-refractivity contribution in [3.05, 3.63) is 33.9 Å². The Labute approximate surface area is 113 Å². The van der Waals surface area contributed by atoms with Gasteiger partial charge < -0.3 is 9.80 Å². The fourth-order valence-corrected chi connectivity index (χ4v) is 2.62. The van der Waals surface area contributed by atoms with Crippen molar-refractivity contribution in [1.82, 2.24) is 4.90 Å². The molecule has 0 atom stereocenters. The highest BCUT2D eigenvalue weighted by atomic mass is 16.6. The highest BCUT2D eigenvalue weighted by Gasteiger charge is 2.33. The number of anilines is 1. The van der Waals surface area contributed by atoms with Gasteiger partial charge in [0, 0.05) is 36.4 Å². The lowest BCUT2D eigenvalue weighted by Gasteiger charge is -2.44. The highest BCUT2D eigenvalue weighted by molar-refractivity contribution is 5.59. The minimum atomic E-state index is -0.254. The van der Waals surface area contributed by atoms with E-state index in [-0.39, 0.29) is 10.6 Å². The van der Waals surface area contributed by atoms with Crippen LogP contribution >= 0.6 is 0 Å². The summed E-state index contributed by atoms with van der Waals surface area (Å²) < 4.78 is 0. The van der Waals surface area contributed by atoms with Gasteiger partial charge in [-0.3, -0.25) is 10.1 Å². The number of hydrogen-bond acceptors (Lipinski definition) is 4. The van der Waals surface area contributed by atoms with Gasteiger partial charge in [-0.25, -0.2) is 0 Å². The van der Waals surface area contributed by atoms with Crippen molar-refractivity contribution < 1.29 is 4.92 Å². The van der Waals surface area contributed by atoms with Crippen molar-refractivity contribution in [3.63, 3.8) is 0 Å². The summed E-state index contributed by atoms with van der Waals surface area (Å²) in [7, 11) is 4.18. The van der Waals surface area contributed by atoms with E-state index in [9.17, 15) is 10.1 Å². The zero-order valence-corrected chi connectivity index (χ0v) is 11.4. The molecule has 0 spiro atoms. The normalized spacial score (nSPS) is 19.6. The number of benzene rings is 1. The third-order valence-electron chi connectivity index (χ3n) is 4.18. The van der Waals surface area contributed by atoms with E-state index < -0.39 is 0 Å². The number of nitro benzene ring substituents is 1. The molecule has 1 aliphatic carbocycles. The topological polar surface area (TPSA) is 49.6 Å². The minimum absolute atomic E-state index is 0.254. The molecule has 1 saturated carbocycles. The molecule has 0 N–H and O–H groups in total. The van der Waals surface area contributed by atoms with E-state index in [0.717, 1.165) is 37.2 Å². The lowest BCUT2D eigenvalue weighted by atomic mass is 10.0. The van der Waals surface area contributed by atoms with Crippen molar-refractivity contribution in [2.24, 2.45) is 0 Å². The molecule has 1 aliphatic heterocycles. The van der Waals surface area contributed by atoms with E-state index in [0.29, 0.717) is 12.0 Å². The predicted molar refractivity (Wildman–Crippen MR) is 74.8 cm³/mol. The number of likely N-dealkylation sites (N-methyl/N-ethyl adjacent to an activating group) is 1. The van der Waals surface area contributed by atoms with Gasteiger partial charge in [0.05, 0.1) is 4.92 Å². The maximum Gasteiger partial charge on any atom is 0.273 e. The quantitative estimate of drug-likeness (QED) is 0.616. The van der Waals surface area contributed by atoms with Crippen LogP contribution < -0.4 is 4.90 Å². The zero-order chi connectivity index (χ0) is 13.6. The van der Waals surface area contributed by atoms with Crippen LogP contribution in [0.4, 0.5) is 11.4 Å². The van der Waals surface area contributed by atoms with Crippen LogP contribution in [0.25, 0.3) is 0 Å². The Hall–Kier alpha value is -1.62. The Morgan fingerprint density at radius 1 is 1.32 bits per heavy atom. The summed E-state index contributed by atoms with van der Waals surface area (Å²) in [4.78, 5) is 15.3.